The second-order valence-corrected chi connectivity index (χ2v) is 4.41. The lowest BCUT2D eigenvalue weighted by atomic mass is 10.2. The molecule has 0 N–H and O–H groups in total. The van der Waals surface area contributed by atoms with Crippen molar-refractivity contribution in [3.8, 4) is 0 Å². The van der Waals surface area contributed by atoms with Crippen molar-refractivity contribution in [3.63, 3.8) is 0 Å². The topological polar surface area (TPSA) is 77.0 Å². The molecule has 19 heavy (non-hydrogen) atoms. The molecular weight excluding hydrogens is 246 g/mol. The second-order valence-electron chi connectivity index (χ2n) is 4.41. The van der Waals surface area contributed by atoms with Crippen LogP contribution in [0.2, 0.25) is 0 Å². The highest BCUT2D eigenvalue weighted by molar-refractivity contribution is 5.79. The number of amides is 1. The van der Waals surface area contributed by atoms with Gasteiger partial charge in [-0.15, -0.1) is 0 Å². The van der Waals surface area contributed by atoms with Crippen molar-refractivity contribution in [3.05, 3.63) is 30.4 Å². The summed E-state index contributed by atoms with van der Waals surface area (Å²) in [6.07, 6.45) is 5.37. The van der Waals surface area contributed by atoms with Gasteiger partial charge in [0.1, 0.15) is 11.9 Å². The molecule has 7 nitrogen and oxygen atoms in total. The van der Waals surface area contributed by atoms with E-state index in [9.17, 15) is 4.79 Å². The maximum atomic E-state index is 12.3. The first kappa shape index (κ1) is 13.3. The van der Waals surface area contributed by atoms with Gasteiger partial charge in [0.15, 0.2) is 5.82 Å². The predicted molar refractivity (Wildman–Crippen MR) is 67.3 cm³/mol. The van der Waals surface area contributed by atoms with Crippen LogP contribution in [0.1, 0.15) is 24.6 Å². The molecule has 1 amide bonds. The largest absolute Gasteiger partial charge is 0.344 e. The Labute approximate surface area is 111 Å². The monoisotopic (exact) mass is 263 g/mol. The van der Waals surface area contributed by atoms with Gasteiger partial charge in [0.25, 0.3) is 0 Å². The Bertz CT molecular complexity index is 534. The molecule has 0 fully saturated rings. The van der Waals surface area contributed by atoms with Crippen LogP contribution in [-0.2, 0) is 11.2 Å². The molecule has 2 rings (SSSR count). The van der Waals surface area contributed by atoms with Gasteiger partial charge in [-0.3, -0.25) is 4.79 Å². The zero-order chi connectivity index (χ0) is 13.8. The lowest BCUT2D eigenvalue weighted by Gasteiger charge is -2.22. The Kier molecular flexibility index (Phi) is 3.94. The fourth-order valence-corrected chi connectivity index (χ4v) is 1.92. The molecule has 0 aliphatic rings. The van der Waals surface area contributed by atoms with E-state index in [1.165, 1.54) is 6.39 Å². The minimum absolute atomic E-state index is 0.0320. The molecule has 1 unspecified atom stereocenters. The van der Waals surface area contributed by atoms with Gasteiger partial charge in [-0.2, -0.15) is 4.98 Å². The van der Waals surface area contributed by atoms with Crippen molar-refractivity contribution in [2.24, 2.45) is 0 Å². The minimum Gasteiger partial charge on any atom is -0.344 e. The number of imidazole rings is 1. The average molecular weight is 263 g/mol. The van der Waals surface area contributed by atoms with Crippen LogP contribution < -0.4 is 0 Å². The molecule has 2 aromatic heterocycles. The van der Waals surface area contributed by atoms with Crippen LogP contribution in [0.4, 0.5) is 0 Å². The van der Waals surface area contributed by atoms with Crippen molar-refractivity contribution in [2.75, 3.05) is 13.6 Å². The maximum absolute atomic E-state index is 12.3. The first-order valence-corrected chi connectivity index (χ1v) is 6.09. The van der Waals surface area contributed by atoms with E-state index in [4.69, 9.17) is 0 Å². The zero-order valence-corrected chi connectivity index (χ0v) is 11.3. The van der Waals surface area contributed by atoms with Gasteiger partial charge in [0, 0.05) is 32.4 Å². The summed E-state index contributed by atoms with van der Waals surface area (Å²) in [6, 6.07) is -0.266. The SMILES string of the molecule is Cc1nccn1C(C)C(=O)N(C)CCc1ncon1. The molecule has 0 bridgehead atoms. The van der Waals surface area contributed by atoms with Crippen molar-refractivity contribution in [1.29, 1.82) is 0 Å². The highest BCUT2D eigenvalue weighted by Gasteiger charge is 2.20. The van der Waals surface area contributed by atoms with Gasteiger partial charge in [-0.05, 0) is 13.8 Å². The number of rotatable bonds is 5. The molecule has 7 heteroatoms. The van der Waals surface area contributed by atoms with Crippen molar-refractivity contribution in [2.45, 2.75) is 26.3 Å². The summed E-state index contributed by atoms with van der Waals surface area (Å²) in [5.74, 6) is 1.46. The number of carbonyl (C=O) groups excluding carboxylic acids is 1. The standard InChI is InChI=1S/C12H17N5O2/c1-9(17-7-5-13-10(17)2)12(18)16(3)6-4-11-14-8-19-15-11/h5,7-9H,4,6H2,1-3H3. The number of carbonyl (C=O) groups is 1. The molecule has 2 aromatic rings. The maximum Gasteiger partial charge on any atom is 0.245 e. The summed E-state index contributed by atoms with van der Waals surface area (Å²) in [7, 11) is 1.77. The number of nitrogens with zero attached hydrogens (tertiary/aromatic N) is 5. The van der Waals surface area contributed by atoms with Gasteiger partial charge >= 0.3 is 0 Å². The predicted octanol–water partition coefficient (Wildman–Crippen LogP) is 0.837. The van der Waals surface area contributed by atoms with E-state index in [1.54, 1.807) is 18.1 Å². The Morgan fingerprint density at radius 3 is 2.89 bits per heavy atom. The average Bonchev–Trinajstić information content (AvgIpc) is 3.05. The Hall–Kier alpha value is -2.18. The van der Waals surface area contributed by atoms with Crippen molar-refractivity contribution < 1.29 is 9.32 Å². The molecule has 0 spiro atoms. The lowest BCUT2D eigenvalue weighted by molar-refractivity contribution is -0.133. The third-order valence-corrected chi connectivity index (χ3v) is 3.09. The second kappa shape index (κ2) is 5.64. The number of hydrogen-bond acceptors (Lipinski definition) is 5. The first-order chi connectivity index (χ1) is 9.09. The summed E-state index contributed by atoms with van der Waals surface area (Å²) in [5, 5.41) is 3.72. The summed E-state index contributed by atoms with van der Waals surface area (Å²) in [4.78, 5) is 22.0. The van der Waals surface area contributed by atoms with Crippen LogP contribution in [0.5, 0.6) is 0 Å². The quantitative estimate of drug-likeness (QED) is 0.798. The smallest absolute Gasteiger partial charge is 0.245 e. The molecule has 0 aliphatic carbocycles. The van der Waals surface area contributed by atoms with Gasteiger partial charge in [-0.1, -0.05) is 5.16 Å². The Morgan fingerprint density at radius 2 is 2.32 bits per heavy atom. The number of likely N-dealkylation sites (N-methyl/N-ethyl adjacent to an activating group) is 1. The van der Waals surface area contributed by atoms with Gasteiger partial charge in [0.2, 0.25) is 12.3 Å². The molecular formula is C12H17N5O2. The summed E-state index contributed by atoms with van der Waals surface area (Å²) in [6.45, 7) is 4.29. The normalized spacial score (nSPS) is 12.4. The van der Waals surface area contributed by atoms with Crippen LogP contribution in [0.25, 0.3) is 0 Å². The summed E-state index contributed by atoms with van der Waals surface area (Å²) < 4.78 is 6.51. The number of aryl methyl sites for hydroxylation is 1. The molecule has 0 saturated carbocycles. The number of hydrogen-bond donors (Lipinski definition) is 0. The van der Waals surface area contributed by atoms with Crippen LogP contribution in [0.15, 0.2) is 23.3 Å². The lowest BCUT2D eigenvalue weighted by Crippen LogP contribution is -2.34. The molecule has 102 valence electrons. The highest BCUT2D eigenvalue weighted by atomic mass is 16.5. The Morgan fingerprint density at radius 1 is 1.53 bits per heavy atom. The first-order valence-electron chi connectivity index (χ1n) is 6.09. The fourth-order valence-electron chi connectivity index (χ4n) is 1.92. The molecule has 0 saturated heterocycles. The van der Waals surface area contributed by atoms with Crippen LogP contribution in [-0.4, -0.2) is 44.1 Å². The van der Waals surface area contributed by atoms with Crippen molar-refractivity contribution in [1.82, 2.24) is 24.6 Å². The highest BCUT2D eigenvalue weighted by Crippen LogP contribution is 2.11. The van der Waals surface area contributed by atoms with E-state index in [2.05, 4.69) is 19.6 Å². The van der Waals surface area contributed by atoms with Gasteiger partial charge in [0.05, 0.1) is 0 Å². The van der Waals surface area contributed by atoms with Crippen LogP contribution in [0, 0.1) is 6.92 Å². The minimum atomic E-state index is -0.266. The molecule has 0 radical (unpaired) electrons. The molecule has 2 heterocycles. The van der Waals surface area contributed by atoms with Gasteiger partial charge in [-0.25, -0.2) is 4.98 Å². The van der Waals surface area contributed by atoms with E-state index in [1.807, 2.05) is 24.6 Å². The van der Waals surface area contributed by atoms with E-state index in [0.29, 0.717) is 18.8 Å². The molecule has 0 aromatic carbocycles. The van der Waals surface area contributed by atoms with Crippen LogP contribution in [0.3, 0.4) is 0 Å². The third kappa shape index (κ3) is 2.98. The Balaban J connectivity index is 1.93. The van der Waals surface area contributed by atoms with Crippen molar-refractivity contribution >= 4 is 5.91 Å². The van der Waals surface area contributed by atoms with Gasteiger partial charge < -0.3 is 14.0 Å². The van der Waals surface area contributed by atoms with E-state index in [-0.39, 0.29) is 11.9 Å². The van der Waals surface area contributed by atoms with E-state index in [0.717, 1.165) is 5.82 Å². The third-order valence-electron chi connectivity index (χ3n) is 3.09. The van der Waals surface area contributed by atoms with E-state index < -0.39 is 0 Å². The summed E-state index contributed by atoms with van der Waals surface area (Å²) in [5.41, 5.74) is 0. The zero-order valence-electron chi connectivity index (χ0n) is 11.3. The fraction of sp³-hybridized carbons (Fsp3) is 0.500. The summed E-state index contributed by atoms with van der Waals surface area (Å²) >= 11 is 0. The molecule has 1 atom stereocenters. The van der Waals surface area contributed by atoms with E-state index >= 15 is 0 Å². The van der Waals surface area contributed by atoms with Crippen LogP contribution >= 0.6 is 0 Å². The molecule has 0 aliphatic heterocycles. The number of aromatic nitrogens is 4.